The second-order valence-corrected chi connectivity index (χ2v) is 14.1. The van der Waals surface area contributed by atoms with Crippen molar-refractivity contribution in [2.45, 2.75) is 219 Å². The van der Waals surface area contributed by atoms with Gasteiger partial charge >= 0.3 is 11.9 Å². The van der Waals surface area contributed by atoms with E-state index in [2.05, 4.69) is 24.5 Å². The Hall–Kier alpha value is -2.16. The number of unbranched alkanes of at least 4 members (excludes halogenated alkanes) is 23. The molecule has 0 aliphatic carbocycles. The van der Waals surface area contributed by atoms with E-state index < -0.39 is 24.5 Å². The lowest BCUT2D eigenvalue weighted by molar-refractivity contribution is -0.150. The van der Waals surface area contributed by atoms with Crippen molar-refractivity contribution in [3.8, 4) is 0 Å². The maximum absolute atomic E-state index is 12.6. The van der Waals surface area contributed by atoms with Crippen LogP contribution < -0.4 is 10.6 Å². The van der Waals surface area contributed by atoms with Crippen LogP contribution in [0, 0.1) is 0 Å². The SMILES string of the molecule is CCCCCCCCCCCCCCCCCCCCCC(=O)OC(CCCCCC)CCCCCC(=O)NCC(=O)NC(CO)C(=O)O. The van der Waals surface area contributed by atoms with Gasteiger partial charge in [-0.1, -0.05) is 155 Å². The van der Waals surface area contributed by atoms with Crippen LogP contribution in [0.2, 0.25) is 0 Å². The number of carboxylic acids is 1. The van der Waals surface area contributed by atoms with Gasteiger partial charge in [0.1, 0.15) is 12.1 Å². The first kappa shape index (κ1) is 46.8. The number of hydrogen-bond acceptors (Lipinski definition) is 6. The number of carbonyl (C=O) groups is 4. The minimum Gasteiger partial charge on any atom is -0.480 e. The van der Waals surface area contributed by atoms with E-state index in [0.29, 0.717) is 12.8 Å². The second kappa shape index (κ2) is 35.7. The average molecular weight is 697 g/mol. The van der Waals surface area contributed by atoms with E-state index in [1.165, 1.54) is 116 Å². The number of amides is 2. The van der Waals surface area contributed by atoms with E-state index >= 15 is 0 Å². The number of aliphatic carboxylic acids is 1. The minimum absolute atomic E-state index is 0.0732. The molecule has 0 bridgehead atoms. The highest BCUT2D eigenvalue weighted by Gasteiger charge is 2.19. The molecule has 0 aromatic rings. The highest BCUT2D eigenvalue weighted by molar-refractivity contribution is 5.87. The number of carboxylic acid groups (broad SMARTS) is 1. The quantitative estimate of drug-likeness (QED) is 0.0375. The number of ether oxygens (including phenoxy) is 1. The van der Waals surface area contributed by atoms with Crippen molar-refractivity contribution >= 4 is 23.8 Å². The van der Waals surface area contributed by atoms with Crippen molar-refractivity contribution in [3.05, 3.63) is 0 Å². The number of esters is 1. The first-order valence-corrected chi connectivity index (χ1v) is 20.4. The number of aliphatic hydroxyl groups is 1. The summed E-state index contributed by atoms with van der Waals surface area (Å²) in [6, 6.07) is -1.39. The lowest BCUT2D eigenvalue weighted by Gasteiger charge is -2.18. The van der Waals surface area contributed by atoms with E-state index in [9.17, 15) is 19.2 Å². The molecule has 49 heavy (non-hydrogen) atoms. The van der Waals surface area contributed by atoms with E-state index in [-0.39, 0.29) is 30.9 Å². The molecule has 0 fully saturated rings. The van der Waals surface area contributed by atoms with Crippen LogP contribution in [0.4, 0.5) is 0 Å². The molecule has 2 atom stereocenters. The largest absolute Gasteiger partial charge is 0.480 e. The van der Waals surface area contributed by atoms with Gasteiger partial charge in [-0.15, -0.1) is 0 Å². The van der Waals surface area contributed by atoms with Crippen LogP contribution in [0.3, 0.4) is 0 Å². The molecule has 0 aromatic heterocycles. The molecule has 2 amide bonds. The van der Waals surface area contributed by atoms with Gasteiger partial charge in [-0.2, -0.15) is 0 Å². The van der Waals surface area contributed by atoms with Crippen LogP contribution in [-0.2, 0) is 23.9 Å². The molecule has 9 heteroatoms. The molecule has 9 nitrogen and oxygen atoms in total. The summed E-state index contributed by atoms with van der Waals surface area (Å²) in [5, 5.41) is 22.5. The Labute approximate surface area is 299 Å². The number of hydrogen-bond donors (Lipinski definition) is 4. The van der Waals surface area contributed by atoms with Gasteiger partial charge in [0.2, 0.25) is 11.8 Å². The lowest BCUT2D eigenvalue weighted by Crippen LogP contribution is -2.47. The molecule has 0 spiro atoms. The van der Waals surface area contributed by atoms with Crippen LogP contribution in [0.15, 0.2) is 0 Å². The van der Waals surface area contributed by atoms with Gasteiger partial charge in [-0.05, 0) is 38.5 Å². The summed E-state index contributed by atoms with van der Waals surface area (Å²) < 4.78 is 5.90. The second-order valence-electron chi connectivity index (χ2n) is 14.1. The van der Waals surface area contributed by atoms with Gasteiger partial charge < -0.3 is 25.6 Å². The Morgan fingerprint density at radius 2 is 0.918 bits per heavy atom. The molecule has 4 N–H and O–H groups in total. The lowest BCUT2D eigenvalue weighted by atomic mass is 10.0. The van der Waals surface area contributed by atoms with Gasteiger partial charge in [0.25, 0.3) is 0 Å². The number of nitrogens with one attached hydrogen (secondary N) is 2. The first-order valence-electron chi connectivity index (χ1n) is 20.4. The fourth-order valence-corrected chi connectivity index (χ4v) is 6.19. The third kappa shape index (κ3) is 32.8. The van der Waals surface area contributed by atoms with Crippen molar-refractivity contribution in [1.29, 1.82) is 0 Å². The molecule has 0 aliphatic rings. The average Bonchev–Trinajstić information content (AvgIpc) is 3.08. The Bertz CT molecular complexity index is 807. The minimum atomic E-state index is -1.39. The van der Waals surface area contributed by atoms with Crippen LogP contribution in [0.1, 0.15) is 206 Å². The Morgan fingerprint density at radius 3 is 1.35 bits per heavy atom. The standard InChI is InChI=1S/C40H76N2O7/c1-3-5-7-9-10-11-12-13-14-15-16-17-18-19-20-21-22-23-28-32-39(46)49-35(29-25-8-6-4-2)30-26-24-27-31-37(44)41-33-38(45)42-36(34-43)40(47)48/h35-36,43H,3-34H2,1-2H3,(H,41,44)(H,42,45)(H,47,48). The first-order chi connectivity index (χ1) is 23.8. The summed E-state index contributed by atoms with van der Waals surface area (Å²) in [5.41, 5.74) is 0. The van der Waals surface area contributed by atoms with Crippen molar-refractivity contribution in [1.82, 2.24) is 10.6 Å². The molecular formula is C40H76N2O7. The fourth-order valence-electron chi connectivity index (χ4n) is 6.19. The van der Waals surface area contributed by atoms with Gasteiger partial charge in [0.05, 0.1) is 13.2 Å². The van der Waals surface area contributed by atoms with Crippen LogP contribution in [-0.4, -0.2) is 59.3 Å². The van der Waals surface area contributed by atoms with E-state index in [1.807, 2.05) is 0 Å². The third-order valence-corrected chi connectivity index (χ3v) is 9.35. The summed E-state index contributed by atoms with van der Waals surface area (Å²) in [6.45, 7) is 3.41. The Morgan fingerprint density at radius 1 is 0.531 bits per heavy atom. The molecule has 0 heterocycles. The van der Waals surface area contributed by atoms with E-state index in [1.54, 1.807) is 0 Å². The fraction of sp³-hybridized carbons (Fsp3) is 0.900. The molecule has 0 saturated heterocycles. The summed E-state index contributed by atoms with van der Waals surface area (Å²) >= 11 is 0. The normalized spacial score (nSPS) is 12.4. The van der Waals surface area contributed by atoms with Crippen molar-refractivity contribution < 1.29 is 34.1 Å². The molecule has 2 unspecified atom stereocenters. The van der Waals surface area contributed by atoms with Crippen LogP contribution >= 0.6 is 0 Å². The zero-order valence-corrected chi connectivity index (χ0v) is 31.7. The molecule has 0 rings (SSSR count). The number of rotatable bonds is 37. The Kier molecular flexibility index (Phi) is 34.1. The highest BCUT2D eigenvalue weighted by atomic mass is 16.5. The maximum Gasteiger partial charge on any atom is 0.328 e. The van der Waals surface area contributed by atoms with Gasteiger partial charge in [-0.25, -0.2) is 4.79 Å². The zero-order valence-electron chi connectivity index (χ0n) is 31.7. The van der Waals surface area contributed by atoms with Crippen LogP contribution in [0.25, 0.3) is 0 Å². The highest BCUT2D eigenvalue weighted by Crippen LogP contribution is 2.18. The third-order valence-electron chi connectivity index (χ3n) is 9.35. The monoisotopic (exact) mass is 697 g/mol. The van der Waals surface area contributed by atoms with Gasteiger partial charge in [-0.3, -0.25) is 14.4 Å². The van der Waals surface area contributed by atoms with E-state index in [0.717, 1.165) is 57.8 Å². The molecule has 0 radical (unpaired) electrons. The molecule has 288 valence electrons. The van der Waals surface area contributed by atoms with Crippen LogP contribution in [0.5, 0.6) is 0 Å². The summed E-state index contributed by atoms with van der Waals surface area (Å²) in [6.07, 6.45) is 34.5. The van der Waals surface area contributed by atoms with Crippen molar-refractivity contribution in [2.75, 3.05) is 13.2 Å². The smallest absolute Gasteiger partial charge is 0.328 e. The summed E-state index contributed by atoms with van der Waals surface area (Å²) in [4.78, 5) is 47.3. The predicted molar refractivity (Wildman–Crippen MR) is 199 cm³/mol. The number of aliphatic hydroxyl groups excluding tert-OH is 1. The van der Waals surface area contributed by atoms with Crippen molar-refractivity contribution in [3.63, 3.8) is 0 Å². The number of carbonyl (C=O) groups excluding carboxylic acids is 3. The maximum atomic E-state index is 12.6. The van der Waals surface area contributed by atoms with Crippen molar-refractivity contribution in [2.24, 2.45) is 0 Å². The summed E-state index contributed by atoms with van der Waals surface area (Å²) in [5.74, 6) is -2.37. The summed E-state index contributed by atoms with van der Waals surface area (Å²) in [7, 11) is 0. The molecule has 0 aliphatic heterocycles. The van der Waals surface area contributed by atoms with Gasteiger partial charge in [0, 0.05) is 12.8 Å². The molecular weight excluding hydrogens is 620 g/mol. The van der Waals surface area contributed by atoms with Gasteiger partial charge in [0.15, 0.2) is 0 Å². The molecule has 0 aromatic carbocycles. The molecule has 0 saturated carbocycles. The predicted octanol–water partition coefficient (Wildman–Crippen LogP) is 9.32. The Balaban J connectivity index is 3.92. The zero-order chi connectivity index (χ0) is 36.2. The topological polar surface area (TPSA) is 142 Å². The van der Waals surface area contributed by atoms with E-state index in [4.69, 9.17) is 14.9 Å².